The molecule has 0 aliphatic carbocycles. The standard InChI is InChI=1S/C11H13BrClFO/c1-15-7-9(12)4-2-8-3-5-11(14)10(13)6-8/h3,5-6,9H,2,4,7H2,1H3. The number of alkyl halides is 1. The first-order valence-electron chi connectivity index (χ1n) is 4.70. The van der Waals surface area contributed by atoms with Gasteiger partial charge in [0.1, 0.15) is 5.82 Å². The second-order valence-electron chi connectivity index (χ2n) is 3.34. The Balaban J connectivity index is 2.47. The van der Waals surface area contributed by atoms with Crippen LogP contribution < -0.4 is 0 Å². The minimum absolute atomic E-state index is 0.186. The van der Waals surface area contributed by atoms with E-state index in [0.717, 1.165) is 18.4 Å². The zero-order valence-electron chi connectivity index (χ0n) is 8.47. The number of rotatable bonds is 5. The summed E-state index contributed by atoms with van der Waals surface area (Å²) in [6, 6.07) is 4.83. The molecule has 0 saturated heterocycles. The topological polar surface area (TPSA) is 9.23 Å². The van der Waals surface area contributed by atoms with Crippen LogP contribution in [0.1, 0.15) is 12.0 Å². The van der Waals surface area contributed by atoms with E-state index >= 15 is 0 Å². The molecular weight excluding hydrogens is 282 g/mol. The molecule has 15 heavy (non-hydrogen) atoms. The van der Waals surface area contributed by atoms with Crippen molar-refractivity contribution in [2.75, 3.05) is 13.7 Å². The molecule has 0 radical (unpaired) electrons. The number of aryl methyl sites for hydroxylation is 1. The second-order valence-corrected chi connectivity index (χ2v) is 5.04. The SMILES string of the molecule is COCC(Br)CCc1ccc(F)c(Cl)c1. The number of benzene rings is 1. The van der Waals surface area contributed by atoms with Crippen LogP contribution in [0.2, 0.25) is 5.02 Å². The fraction of sp³-hybridized carbons (Fsp3) is 0.455. The first kappa shape index (κ1) is 12.9. The zero-order valence-corrected chi connectivity index (χ0v) is 10.8. The highest BCUT2D eigenvalue weighted by Crippen LogP contribution is 2.18. The van der Waals surface area contributed by atoms with Gasteiger partial charge in [0.05, 0.1) is 11.6 Å². The summed E-state index contributed by atoms with van der Waals surface area (Å²) in [6.07, 6.45) is 1.80. The lowest BCUT2D eigenvalue weighted by atomic mass is 10.1. The molecule has 0 bridgehead atoms. The van der Waals surface area contributed by atoms with Crippen LogP contribution in [0.15, 0.2) is 18.2 Å². The van der Waals surface area contributed by atoms with E-state index in [0.29, 0.717) is 11.4 Å². The summed E-state index contributed by atoms with van der Waals surface area (Å²) in [7, 11) is 1.67. The molecule has 0 fully saturated rings. The van der Waals surface area contributed by atoms with Crippen molar-refractivity contribution in [3.05, 3.63) is 34.6 Å². The summed E-state index contributed by atoms with van der Waals surface area (Å²) in [5.74, 6) is -0.368. The Morgan fingerprint density at radius 3 is 2.87 bits per heavy atom. The van der Waals surface area contributed by atoms with Crippen molar-refractivity contribution < 1.29 is 9.13 Å². The zero-order chi connectivity index (χ0) is 11.3. The number of hydrogen-bond acceptors (Lipinski definition) is 1. The highest BCUT2D eigenvalue weighted by molar-refractivity contribution is 9.09. The monoisotopic (exact) mass is 294 g/mol. The number of halogens is 3. The average Bonchev–Trinajstić information content (AvgIpc) is 2.20. The molecule has 0 aliphatic heterocycles. The largest absolute Gasteiger partial charge is 0.384 e. The molecule has 84 valence electrons. The molecule has 4 heteroatoms. The van der Waals surface area contributed by atoms with Crippen molar-refractivity contribution in [3.63, 3.8) is 0 Å². The van der Waals surface area contributed by atoms with Crippen molar-refractivity contribution >= 4 is 27.5 Å². The van der Waals surface area contributed by atoms with Crippen molar-refractivity contribution in [3.8, 4) is 0 Å². The summed E-state index contributed by atoms with van der Waals surface area (Å²) in [6.45, 7) is 0.676. The fourth-order valence-electron chi connectivity index (χ4n) is 1.28. The van der Waals surface area contributed by atoms with Crippen LogP contribution >= 0.6 is 27.5 Å². The van der Waals surface area contributed by atoms with Gasteiger partial charge in [-0.1, -0.05) is 33.6 Å². The summed E-state index contributed by atoms with van der Waals surface area (Å²) in [5.41, 5.74) is 1.04. The third kappa shape index (κ3) is 4.49. The average molecular weight is 296 g/mol. The van der Waals surface area contributed by atoms with Crippen LogP contribution in [-0.2, 0) is 11.2 Å². The van der Waals surface area contributed by atoms with Gasteiger partial charge in [-0.15, -0.1) is 0 Å². The van der Waals surface area contributed by atoms with Gasteiger partial charge in [0.2, 0.25) is 0 Å². The molecule has 1 rings (SSSR count). The van der Waals surface area contributed by atoms with E-state index in [1.54, 1.807) is 19.2 Å². The molecule has 1 atom stereocenters. The second kappa shape index (κ2) is 6.46. The minimum Gasteiger partial charge on any atom is -0.384 e. The van der Waals surface area contributed by atoms with Gasteiger partial charge in [-0.05, 0) is 30.5 Å². The van der Waals surface area contributed by atoms with Crippen LogP contribution in [0, 0.1) is 5.82 Å². The van der Waals surface area contributed by atoms with E-state index in [-0.39, 0.29) is 10.8 Å². The minimum atomic E-state index is -0.368. The van der Waals surface area contributed by atoms with Gasteiger partial charge in [-0.3, -0.25) is 0 Å². The molecule has 1 unspecified atom stereocenters. The van der Waals surface area contributed by atoms with E-state index in [9.17, 15) is 4.39 Å². The summed E-state index contributed by atoms with van der Waals surface area (Å²) < 4.78 is 17.9. The van der Waals surface area contributed by atoms with Gasteiger partial charge in [-0.25, -0.2) is 4.39 Å². The highest BCUT2D eigenvalue weighted by Gasteiger charge is 2.05. The lowest BCUT2D eigenvalue weighted by Gasteiger charge is -2.08. The Bertz CT molecular complexity index is 319. The summed E-state index contributed by atoms with van der Waals surface area (Å²) in [4.78, 5) is 0.325. The van der Waals surface area contributed by atoms with E-state index in [1.165, 1.54) is 6.07 Å². The number of methoxy groups -OCH3 is 1. The molecule has 0 aliphatic rings. The molecule has 1 aromatic carbocycles. The Hall–Kier alpha value is -0.120. The van der Waals surface area contributed by atoms with E-state index < -0.39 is 0 Å². The highest BCUT2D eigenvalue weighted by atomic mass is 79.9. The van der Waals surface area contributed by atoms with Gasteiger partial charge >= 0.3 is 0 Å². The van der Waals surface area contributed by atoms with Crippen LogP contribution in [0.5, 0.6) is 0 Å². The Morgan fingerprint density at radius 2 is 2.27 bits per heavy atom. The Labute approximate surface area is 103 Å². The van der Waals surface area contributed by atoms with Crippen molar-refractivity contribution in [2.45, 2.75) is 17.7 Å². The van der Waals surface area contributed by atoms with Gasteiger partial charge in [0.15, 0.2) is 0 Å². The summed E-state index contributed by atoms with van der Waals surface area (Å²) in [5, 5.41) is 0.186. The lowest BCUT2D eigenvalue weighted by Crippen LogP contribution is -2.07. The Morgan fingerprint density at radius 1 is 1.53 bits per heavy atom. The van der Waals surface area contributed by atoms with E-state index in [2.05, 4.69) is 15.9 Å². The van der Waals surface area contributed by atoms with Crippen LogP contribution in [0.25, 0.3) is 0 Å². The quantitative estimate of drug-likeness (QED) is 0.750. The van der Waals surface area contributed by atoms with Gasteiger partial charge < -0.3 is 4.74 Å². The third-order valence-electron chi connectivity index (χ3n) is 2.08. The first-order chi connectivity index (χ1) is 7.13. The number of ether oxygens (including phenoxy) is 1. The van der Waals surface area contributed by atoms with Crippen LogP contribution in [-0.4, -0.2) is 18.5 Å². The molecule has 0 heterocycles. The maximum absolute atomic E-state index is 12.9. The molecule has 1 nitrogen and oxygen atoms in total. The molecular formula is C11H13BrClFO. The van der Waals surface area contributed by atoms with Crippen molar-refractivity contribution in [1.29, 1.82) is 0 Å². The first-order valence-corrected chi connectivity index (χ1v) is 5.99. The predicted octanol–water partition coefficient (Wildman–Crippen LogP) is 3.82. The van der Waals surface area contributed by atoms with Crippen LogP contribution in [0.4, 0.5) is 4.39 Å². The van der Waals surface area contributed by atoms with Crippen molar-refractivity contribution in [1.82, 2.24) is 0 Å². The van der Waals surface area contributed by atoms with Crippen LogP contribution in [0.3, 0.4) is 0 Å². The molecule has 0 aromatic heterocycles. The van der Waals surface area contributed by atoms with Gasteiger partial charge in [0, 0.05) is 11.9 Å². The van der Waals surface area contributed by atoms with Gasteiger partial charge in [-0.2, -0.15) is 0 Å². The smallest absolute Gasteiger partial charge is 0.141 e. The number of hydrogen-bond donors (Lipinski definition) is 0. The van der Waals surface area contributed by atoms with E-state index in [4.69, 9.17) is 16.3 Å². The normalized spacial score (nSPS) is 12.8. The summed E-state index contributed by atoms with van der Waals surface area (Å²) >= 11 is 9.18. The molecule has 0 N–H and O–H groups in total. The predicted molar refractivity (Wildman–Crippen MR) is 64.3 cm³/mol. The Kier molecular flexibility index (Phi) is 5.58. The molecule has 0 saturated carbocycles. The molecule has 0 amide bonds. The van der Waals surface area contributed by atoms with Gasteiger partial charge in [0.25, 0.3) is 0 Å². The maximum atomic E-state index is 12.9. The molecule has 0 spiro atoms. The lowest BCUT2D eigenvalue weighted by molar-refractivity contribution is 0.198. The molecule has 1 aromatic rings. The maximum Gasteiger partial charge on any atom is 0.141 e. The van der Waals surface area contributed by atoms with E-state index in [1.807, 2.05) is 0 Å². The fourth-order valence-corrected chi connectivity index (χ4v) is 1.98. The third-order valence-corrected chi connectivity index (χ3v) is 3.09. The van der Waals surface area contributed by atoms with Crippen molar-refractivity contribution in [2.24, 2.45) is 0 Å².